The molecular formula is C53H72N8O8. The molecule has 2 saturated heterocycles. The molecule has 0 spiro atoms. The fraction of sp³-hybridized carbons (Fsp3) is 0.547. The van der Waals surface area contributed by atoms with Gasteiger partial charge in [0, 0.05) is 74.8 Å². The lowest BCUT2D eigenvalue weighted by molar-refractivity contribution is -0.155. The van der Waals surface area contributed by atoms with Gasteiger partial charge in [-0.15, -0.1) is 0 Å². The SMILES string of the molecule is CCn1c(-c2cccnc2[C@H](C)OC)c2c3cc(ccc31)-c1cc(O)cc(c1)C[C@H](NC(=O)C(C(C)C)N(C)C(=O)[C@H]1CCN(C(=O)C(C)(C)NC)C1)C(=O)N1CCC[C@H](N1)C(=O)OCC(C)(C)C2. The van der Waals surface area contributed by atoms with Gasteiger partial charge in [-0.2, -0.15) is 0 Å². The molecule has 0 radical (unpaired) electrons. The number of phenolic OH excluding ortho intramolecular Hbond substituents is 1. The van der Waals surface area contributed by atoms with Crippen LogP contribution >= 0.6 is 0 Å². The smallest absolute Gasteiger partial charge is 0.324 e. The number of fused-ring (bicyclic) bond motifs is 6. The number of carbonyl (C=O) groups is 5. The summed E-state index contributed by atoms with van der Waals surface area (Å²) in [5.74, 6) is -2.71. The third kappa shape index (κ3) is 10.7. The second kappa shape index (κ2) is 20.6. The van der Waals surface area contributed by atoms with Gasteiger partial charge in [-0.1, -0.05) is 39.8 Å². The maximum absolute atomic E-state index is 14.8. The number of hydrogen-bond donors (Lipinski definition) is 4. The highest BCUT2D eigenvalue weighted by molar-refractivity contribution is 5.96. The number of phenols is 1. The number of esters is 1. The van der Waals surface area contributed by atoms with Crippen LogP contribution in [0, 0.1) is 17.3 Å². The molecule has 372 valence electrons. The van der Waals surface area contributed by atoms with Gasteiger partial charge in [-0.25, -0.2) is 5.43 Å². The topological polar surface area (TPSA) is 188 Å². The van der Waals surface area contributed by atoms with Crippen molar-refractivity contribution in [2.45, 2.75) is 124 Å². The van der Waals surface area contributed by atoms with Gasteiger partial charge < -0.3 is 39.6 Å². The molecule has 5 atom stereocenters. The lowest BCUT2D eigenvalue weighted by Gasteiger charge is -2.37. The molecule has 1 unspecified atom stereocenters. The zero-order valence-corrected chi connectivity index (χ0v) is 42.3. The molecule has 69 heavy (non-hydrogen) atoms. The number of aromatic nitrogens is 2. The number of ether oxygens (including phenoxy) is 2. The zero-order valence-electron chi connectivity index (χ0n) is 42.3. The van der Waals surface area contributed by atoms with Crippen LogP contribution in [-0.2, 0) is 52.8 Å². The zero-order chi connectivity index (χ0) is 50.1. The number of methoxy groups -OCH3 is 1. The highest BCUT2D eigenvalue weighted by Crippen LogP contribution is 2.42. The Bertz CT molecular complexity index is 2590. The van der Waals surface area contributed by atoms with Gasteiger partial charge >= 0.3 is 5.97 Å². The first kappa shape index (κ1) is 51.0. The molecule has 2 fully saturated rings. The van der Waals surface area contributed by atoms with Crippen molar-refractivity contribution >= 4 is 40.5 Å². The first-order chi connectivity index (χ1) is 32.7. The van der Waals surface area contributed by atoms with Crippen molar-refractivity contribution in [1.82, 2.24) is 40.4 Å². The van der Waals surface area contributed by atoms with Crippen molar-refractivity contribution in [2.24, 2.45) is 17.3 Å². The van der Waals surface area contributed by atoms with Crippen LogP contribution < -0.4 is 16.1 Å². The molecule has 0 saturated carbocycles. The second-order valence-electron chi connectivity index (χ2n) is 20.8. The maximum atomic E-state index is 14.8. The molecule has 0 aliphatic carbocycles. The summed E-state index contributed by atoms with van der Waals surface area (Å²) in [4.78, 5) is 78.7. The molecular weight excluding hydrogens is 877 g/mol. The van der Waals surface area contributed by atoms with Crippen molar-refractivity contribution in [1.29, 1.82) is 0 Å². The van der Waals surface area contributed by atoms with Gasteiger partial charge in [0.15, 0.2) is 0 Å². The first-order valence-corrected chi connectivity index (χ1v) is 24.4. The summed E-state index contributed by atoms with van der Waals surface area (Å²) in [6, 6.07) is 12.5. The van der Waals surface area contributed by atoms with Crippen LogP contribution in [0.1, 0.15) is 97.6 Å². The average molecular weight is 949 g/mol. The van der Waals surface area contributed by atoms with Crippen molar-refractivity contribution in [3.05, 3.63) is 71.5 Å². The quantitative estimate of drug-likeness (QED) is 0.134. The number of benzene rings is 2. The third-order valence-corrected chi connectivity index (χ3v) is 14.3. The standard InChI is InChI=1S/C53H72N8O8/c1-12-60-43-18-17-34-27-39(43)40(46(60)38-15-13-20-55-44(38)32(4)68-11)28-52(5,6)30-69-50(66)41-16-14-21-61(57-41)49(65)42(25-33-23-36(34)26-37(62)24-33)56-47(63)45(31(2)3)58(10)48(64)35-19-22-59(29-35)51(67)53(7,8)54-9/h13,15,17-18,20,23-24,26-27,31-32,35,41-42,45,54,57,62H,12,14,16,19,21-22,25,28-30H2,1-11H3,(H,56,63)/t32-,35-,41-,42-,45?/m0/s1. The van der Waals surface area contributed by atoms with E-state index in [1.54, 1.807) is 58.3 Å². The summed E-state index contributed by atoms with van der Waals surface area (Å²) >= 11 is 0. The number of aryl methyl sites for hydroxylation is 1. The molecule has 6 bridgehead atoms. The number of rotatable bonds is 11. The number of likely N-dealkylation sites (N-methyl/N-ethyl adjacent to an activating group) is 2. The number of likely N-dealkylation sites (tertiary alicyclic amines) is 1. The van der Waals surface area contributed by atoms with Crippen LogP contribution in [0.5, 0.6) is 5.75 Å². The minimum absolute atomic E-state index is 0.0113. The van der Waals surface area contributed by atoms with E-state index in [9.17, 15) is 29.1 Å². The molecule has 4 amide bonds. The third-order valence-electron chi connectivity index (χ3n) is 14.3. The first-order valence-electron chi connectivity index (χ1n) is 24.4. The molecule has 16 heteroatoms. The Kier molecular flexibility index (Phi) is 15.3. The minimum atomic E-state index is -1.17. The van der Waals surface area contributed by atoms with Crippen molar-refractivity contribution in [3.63, 3.8) is 0 Å². The predicted octanol–water partition coefficient (Wildman–Crippen LogP) is 5.78. The number of hydrazine groups is 1. The molecule has 16 nitrogen and oxygen atoms in total. The van der Waals surface area contributed by atoms with Gasteiger partial charge in [-0.05, 0) is 125 Å². The molecule has 3 aliphatic heterocycles. The van der Waals surface area contributed by atoms with E-state index in [0.717, 1.165) is 39.0 Å². The molecule has 4 aromatic rings. The van der Waals surface area contributed by atoms with E-state index in [0.29, 0.717) is 49.9 Å². The Morgan fingerprint density at radius 1 is 1.06 bits per heavy atom. The lowest BCUT2D eigenvalue weighted by atomic mass is 9.84. The summed E-state index contributed by atoms with van der Waals surface area (Å²) in [6.07, 6.45) is 3.42. The number of nitrogens with one attached hydrogen (secondary N) is 3. The van der Waals surface area contributed by atoms with E-state index < -0.39 is 52.8 Å². The van der Waals surface area contributed by atoms with Gasteiger partial charge in [0.1, 0.15) is 23.9 Å². The maximum Gasteiger partial charge on any atom is 0.324 e. The van der Waals surface area contributed by atoms with E-state index in [2.05, 4.69) is 59.6 Å². The van der Waals surface area contributed by atoms with Gasteiger partial charge in [0.2, 0.25) is 17.7 Å². The molecule has 7 rings (SSSR count). The number of aromatic hydroxyl groups is 1. The van der Waals surface area contributed by atoms with Crippen LogP contribution in [0.3, 0.4) is 0 Å². The van der Waals surface area contributed by atoms with Crippen LogP contribution in [0.4, 0.5) is 0 Å². The lowest BCUT2D eigenvalue weighted by Crippen LogP contribution is -2.62. The van der Waals surface area contributed by atoms with E-state index >= 15 is 0 Å². The summed E-state index contributed by atoms with van der Waals surface area (Å²) in [7, 11) is 4.99. The normalized spacial score (nSPS) is 20.9. The van der Waals surface area contributed by atoms with Crippen LogP contribution in [0.2, 0.25) is 0 Å². The van der Waals surface area contributed by atoms with Gasteiger partial charge in [0.25, 0.3) is 5.91 Å². The molecule has 3 aliphatic rings. The Balaban J connectivity index is 1.28. The summed E-state index contributed by atoms with van der Waals surface area (Å²) in [6.45, 7) is 17.2. The highest BCUT2D eigenvalue weighted by atomic mass is 16.5. The monoisotopic (exact) mass is 949 g/mol. The number of cyclic esters (lactones) is 1. The van der Waals surface area contributed by atoms with Crippen molar-refractivity contribution in [2.75, 3.05) is 47.4 Å². The van der Waals surface area contributed by atoms with E-state index in [1.807, 2.05) is 39.0 Å². The summed E-state index contributed by atoms with van der Waals surface area (Å²) in [5, 5.41) is 19.8. The average Bonchev–Trinajstić information content (AvgIpc) is 3.94. The fourth-order valence-electron chi connectivity index (χ4n) is 10.3. The highest BCUT2D eigenvalue weighted by Gasteiger charge is 2.42. The summed E-state index contributed by atoms with van der Waals surface area (Å²) in [5.41, 5.74) is 8.74. The van der Waals surface area contributed by atoms with Crippen LogP contribution in [0.25, 0.3) is 33.3 Å². The second-order valence-corrected chi connectivity index (χ2v) is 20.8. The van der Waals surface area contributed by atoms with Gasteiger partial charge in [0.05, 0.1) is 35.6 Å². The number of hydrogen-bond acceptors (Lipinski definition) is 11. The van der Waals surface area contributed by atoms with Crippen molar-refractivity contribution < 1.29 is 38.6 Å². The Hall–Kier alpha value is -5.84. The number of nitrogens with zero attached hydrogens (tertiary/aromatic N) is 5. The van der Waals surface area contributed by atoms with Crippen LogP contribution in [-0.4, -0.2) is 130 Å². The summed E-state index contributed by atoms with van der Waals surface area (Å²) < 4.78 is 14.2. The number of amides is 4. The molecule has 2 aromatic carbocycles. The largest absolute Gasteiger partial charge is 0.508 e. The predicted molar refractivity (Wildman–Crippen MR) is 265 cm³/mol. The molecule has 4 N–H and O–H groups in total. The van der Waals surface area contributed by atoms with E-state index in [-0.39, 0.29) is 55.7 Å². The Morgan fingerprint density at radius 2 is 1.81 bits per heavy atom. The van der Waals surface area contributed by atoms with Gasteiger partial charge in [-0.3, -0.25) is 34.0 Å². The van der Waals surface area contributed by atoms with E-state index in [1.165, 1.54) is 9.91 Å². The minimum Gasteiger partial charge on any atom is -0.508 e. The Labute approximate surface area is 406 Å². The van der Waals surface area contributed by atoms with Crippen molar-refractivity contribution in [3.8, 4) is 28.1 Å². The molecule has 2 aromatic heterocycles. The van der Waals surface area contributed by atoms with Crippen LogP contribution in [0.15, 0.2) is 54.7 Å². The number of carbonyl (C=O) groups excluding carboxylic acids is 5. The number of pyridine rings is 1. The molecule has 5 heterocycles. The van der Waals surface area contributed by atoms with E-state index in [4.69, 9.17) is 14.5 Å². The fourth-order valence-corrected chi connectivity index (χ4v) is 10.3. The Morgan fingerprint density at radius 3 is 2.51 bits per heavy atom.